The van der Waals surface area contributed by atoms with Crippen molar-refractivity contribution < 1.29 is 4.74 Å². The van der Waals surface area contributed by atoms with E-state index < -0.39 is 0 Å². The number of rotatable bonds is 6. The van der Waals surface area contributed by atoms with Gasteiger partial charge in [0, 0.05) is 18.1 Å². The lowest BCUT2D eigenvalue weighted by Gasteiger charge is -2.04. The third kappa shape index (κ3) is 4.68. The van der Waals surface area contributed by atoms with Crippen LogP contribution >= 0.6 is 23.2 Å². The third-order valence-electron chi connectivity index (χ3n) is 1.73. The molecule has 0 amide bonds. The van der Waals surface area contributed by atoms with Crippen molar-refractivity contribution in [2.24, 2.45) is 0 Å². The summed E-state index contributed by atoms with van der Waals surface area (Å²) in [6, 6.07) is 1.76. The second-order valence-electron chi connectivity index (χ2n) is 2.94. The van der Waals surface area contributed by atoms with Crippen LogP contribution in [-0.4, -0.2) is 17.5 Å². The molecule has 1 aromatic heterocycles. The Bertz CT molecular complexity index is 268. The maximum absolute atomic E-state index is 5.75. The molecule has 0 fully saturated rings. The lowest BCUT2D eigenvalue weighted by molar-refractivity contribution is 0.305. The molecule has 0 N–H and O–H groups in total. The van der Waals surface area contributed by atoms with Crippen LogP contribution in [0.3, 0.4) is 0 Å². The largest absolute Gasteiger partial charge is 0.492 e. The van der Waals surface area contributed by atoms with E-state index in [-0.39, 0.29) is 0 Å². The summed E-state index contributed by atoms with van der Waals surface area (Å²) in [7, 11) is 0. The molecule has 78 valence electrons. The zero-order valence-corrected chi connectivity index (χ0v) is 9.39. The Morgan fingerprint density at radius 2 is 2.07 bits per heavy atom. The Morgan fingerprint density at radius 3 is 2.79 bits per heavy atom. The topological polar surface area (TPSA) is 22.1 Å². The number of nitrogens with zero attached hydrogens (tertiary/aromatic N) is 1. The molecule has 0 aliphatic carbocycles. The van der Waals surface area contributed by atoms with Crippen molar-refractivity contribution in [2.45, 2.75) is 19.3 Å². The lowest BCUT2D eigenvalue weighted by Crippen LogP contribution is -1.97. The molecule has 0 aliphatic heterocycles. The molecular weight excluding hydrogens is 221 g/mol. The first kappa shape index (κ1) is 11.6. The van der Waals surface area contributed by atoms with Gasteiger partial charge >= 0.3 is 0 Å². The summed E-state index contributed by atoms with van der Waals surface area (Å²) in [5, 5.41) is 0.600. The zero-order chi connectivity index (χ0) is 10.2. The quantitative estimate of drug-likeness (QED) is 0.555. The molecule has 0 saturated heterocycles. The number of pyridine rings is 1. The van der Waals surface area contributed by atoms with Crippen molar-refractivity contribution in [1.29, 1.82) is 0 Å². The van der Waals surface area contributed by atoms with Crippen molar-refractivity contribution in [3.8, 4) is 5.75 Å². The van der Waals surface area contributed by atoms with Crippen molar-refractivity contribution in [3.63, 3.8) is 0 Å². The third-order valence-corrected chi connectivity index (χ3v) is 2.20. The minimum atomic E-state index is 0.600. The molecule has 0 aliphatic rings. The molecule has 1 heterocycles. The molecule has 2 nitrogen and oxygen atoms in total. The maximum Gasteiger partial charge on any atom is 0.139 e. The first-order valence-corrected chi connectivity index (χ1v) is 5.53. The number of ether oxygens (including phenoxy) is 1. The summed E-state index contributed by atoms with van der Waals surface area (Å²) in [4.78, 5) is 3.92. The number of unbranched alkanes of at least 4 members (excludes halogenated alkanes) is 2. The number of hydrogen-bond donors (Lipinski definition) is 0. The Hall–Kier alpha value is -0.470. The summed E-state index contributed by atoms with van der Waals surface area (Å²) in [5.74, 6) is 1.45. The monoisotopic (exact) mass is 233 g/mol. The number of alkyl halides is 1. The van der Waals surface area contributed by atoms with Crippen molar-refractivity contribution >= 4 is 23.2 Å². The molecule has 14 heavy (non-hydrogen) atoms. The highest BCUT2D eigenvalue weighted by atomic mass is 35.5. The van der Waals surface area contributed by atoms with Crippen molar-refractivity contribution in [3.05, 3.63) is 23.5 Å². The molecule has 1 rings (SSSR count). The second kappa shape index (κ2) is 6.91. The van der Waals surface area contributed by atoms with Crippen LogP contribution in [0.1, 0.15) is 19.3 Å². The van der Waals surface area contributed by atoms with Crippen LogP contribution in [0, 0.1) is 0 Å². The predicted molar refractivity (Wildman–Crippen MR) is 59.3 cm³/mol. The first-order chi connectivity index (χ1) is 6.83. The highest BCUT2D eigenvalue weighted by Gasteiger charge is 1.95. The van der Waals surface area contributed by atoms with Gasteiger partial charge in [0.2, 0.25) is 0 Å². The smallest absolute Gasteiger partial charge is 0.139 e. The Balaban J connectivity index is 2.18. The van der Waals surface area contributed by atoms with Gasteiger partial charge in [-0.05, 0) is 19.3 Å². The average Bonchev–Trinajstić information content (AvgIpc) is 2.18. The van der Waals surface area contributed by atoms with Crippen LogP contribution in [0.2, 0.25) is 5.02 Å². The maximum atomic E-state index is 5.75. The Morgan fingerprint density at radius 1 is 1.21 bits per heavy atom. The molecule has 0 bridgehead atoms. The van der Waals surface area contributed by atoms with E-state index in [2.05, 4.69) is 4.98 Å². The van der Waals surface area contributed by atoms with E-state index in [1.165, 1.54) is 0 Å². The fourth-order valence-electron chi connectivity index (χ4n) is 1.03. The molecule has 0 atom stereocenters. The van der Waals surface area contributed by atoms with E-state index in [9.17, 15) is 0 Å². The van der Waals surface area contributed by atoms with E-state index >= 15 is 0 Å². The van der Waals surface area contributed by atoms with Gasteiger partial charge in [0.1, 0.15) is 5.75 Å². The first-order valence-electron chi connectivity index (χ1n) is 4.62. The van der Waals surface area contributed by atoms with Gasteiger partial charge in [0.05, 0.1) is 17.8 Å². The van der Waals surface area contributed by atoms with Crippen LogP contribution in [0.15, 0.2) is 18.5 Å². The molecule has 0 radical (unpaired) electrons. The molecular formula is C10H13Cl2NO. The van der Waals surface area contributed by atoms with Gasteiger partial charge in [-0.3, -0.25) is 4.98 Å². The second-order valence-corrected chi connectivity index (χ2v) is 3.75. The van der Waals surface area contributed by atoms with Crippen molar-refractivity contribution in [1.82, 2.24) is 4.98 Å². The molecule has 0 saturated carbocycles. The van der Waals surface area contributed by atoms with Crippen LogP contribution in [-0.2, 0) is 0 Å². The Kier molecular flexibility index (Phi) is 5.72. The number of hydrogen-bond acceptors (Lipinski definition) is 2. The molecule has 1 aromatic rings. The summed E-state index contributed by atoms with van der Waals surface area (Å²) in [6.07, 6.45) is 6.39. The van der Waals surface area contributed by atoms with E-state index in [1.807, 2.05) is 0 Å². The molecule has 4 heteroatoms. The van der Waals surface area contributed by atoms with Gasteiger partial charge in [-0.25, -0.2) is 0 Å². The fourth-order valence-corrected chi connectivity index (χ4v) is 1.39. The predicted octanol–water partition coefficient (Wildman–Crippen LogP) is 3.52. The van der Waals surface area contributed by atoms with E-state index in [0.29, 0.717) is 11.6 Å². The van der Waals surface area contributed by atoms with Crippen LogP contribution in [0.4, 0.5) is 0 Å². The summed E-state index contributed by atoms with van der Waals surface area (Å²) in [6.45, 7) is 0.693. The Labute approximate surface area is 94.2 Å². The minimum Gasteiger partial charge on any atom is -0.492 e. The molecule has 0 spiro atoms. The SMILES string of the molecule is ClCCCCCOc1cncc(Cl)c1. The van der Waals surface area contributed by atoms with Gasteiger partial charge < -0.3 is 4.74 Å². The summed E-state index contributed by atoms with van der Waals surface area (Å²) < 4.78 is 5.44. The fraction of sp³-hybridized carbons (Fsp3) is 0.500. The summed E-state index contributed by atoms with van der Waals surface area (Å²) in [5.41, 5.74) is 0. The van der Waals surface area contributed by atoms with Crippen LogP contribution in [0.5, 0.6) is 5.75 Å². The number of aromatic nitrogens is 1. The van der Waals surface area contributed by atoms with Gasteiger partial charge in [-0.1, -0.05) is 11.6 Å². The van der Waals surface area contributed by atoms with Crippen LogP contribution < -0.4 is 4.74 Å². The van der Waals surface area contributed by atoms with Crippen molar-refractivity contribution in [2.75, 3.05) is 12.5 Å². The standard InChI is InChI=1S/C10H13Cl2NO/c11-4-2-1-3-5-14-10-6-9(12)7-13-8-10/h6-8H,1-5H2. The van der Waals surface area contributed by atoms with Gasteiger partial charge in [0.15, 0.2) is 0 Å². The minimum absolute atomic E-state index is 0.600. The van der Waals surface area contributed by atoms with Gasteiger partial charge in [0.25, 0.3) is 0 Å². The van der Waals surface area contributed by atoms with Gasteiger partial charge in [-0.2, -0.15) is 0 Å². The number of halogens is 2. The summed E-state index contributed by atoms with van der Waals surface area (Å²) >= 11 is 11.3. The average molecular weight is 234 g/mol. The van der Waals surface area contributed by atoms with E-state index in [0.717, 1.165) is 30.9 Å². The highest BCUT2D eigenvalue weighted by Crippen LogP contribution is 2.15. The highest BCUT2D eigenvalue weighted by molar-refractivity contribution is 6.30. The van der Waals surface area contributed by atoms with Gasteiger partial charge in [-0.15, -0.1) is 11.6 Å². The molecule has 0 unspecified atom stereocenters. The van der Waals surface area contributed by atoms with E-state index in [1.54, 1.807) is 18.5 Å². The normalized spacial score (nSPS) is 10.1. The lowest BCUT2D eigenvalue weighted by atomic mass is 10.3. The van der Waals surface area contributed by atoms with E-state index in [4.69, 9.17) is 27.9 Å². The zero-order valence-electron chi connectivity index (χ0n) is 7.88. The molecule has 0 aromatic carbocycles. The van der Waals surface area contributed by atoms with Crippen LogP contribution in [0.25, 0.3) is 0 Å².